The van der Waals surface area contributed by atoms with Gasteiger partial charge in [-0.05, 0) is 30.3 Å². The lowest BCUT2D eigenvalue weighted by atomic mass is 10.3. The highest BCUT2D eigenvalue weighted by Crippen LogP contribution is 2.27. The third-order valence-corrected chi connectivity index (χ3v) is 4.11. The Kier molecular flexibility index (Phi) is 5.32. The van der Waals surface area contributed by atoms with Crippen molar-refractivity contribution in [3.05, 3.63) is 53.6 Å². The van der Waals surface area contributed by atoms with Crippen LogP contribution in [-0.2, 0) is 4.79 Å². The zero-order valence-electron chi connectivity index (χ0n) is 10.8. The highest BCUT2D eigenvalue weighted by atomic mass is 35.5. The summed E-state index contributed by atoms with van der Waals surface area (Å²) < 4.78 is 0. The van der Waals surface area contributed by atoms with Gasteiger partial charge in [0.2, 0.25) is 5.91 Å². The molecule has 0 aliphatic heterocycles. The Morgan fingerprint density at radius 3 is 2.75 bits per heavy atom. The third kappa shape index (κ3) is 4.47. The smallest absolute Gasteiger partial charge is 0.225 e. The van der Waals surface area contributed by atoms with Crippen molar-refractivity contribution >= 4 is 40.6 Å². The van der Waals surface area contributed by atoms with Gasteiger partial charge in [-0.3, -0.25) is 4.79 Å². The number of carbonyl (C=O) groups is 1. The van der Waals surface area contributed by atoms with Crippen molar-refractivity contribution < 1.29 is 4.79 Å². The maximum atomic E-state index is 11.8. The third-order valence-electron chi connectivity index (χ3n) is 2.59. The Labute approximate surface area is 127 Å². The van der Waals surface area contributed by atoms with Crippen molar-refractivity contribution in [2.24, 2.45) is 0 Å². The molecule has 1 amide bonds. The van der Waals surface area contributed by atoms with E-state index in [0.29, 0.717) is 22.9 Å². The number of nitrogens with two attached hydrogens (primary N) is 1. The molecule has 0 spiro atoms. The van der Waals surface area contributed by atoms with Crippen LogP contribution in [0, 0.1) is 0 Å². The average molecular weight is 307 g/mol. The average Bonchev–Trinajstić information content (AvgIpc) is 2.41. The molecule has 3 N–H and O–H groups in total. The Balaban J connectivity index is 1.80. The van der Waals surface area contributed by atoms with Crippen LogP contribution in [0.15, 0.2) is 53.4 Å². The van der Waals surface area contributed by atoms with Gasteiger partial charge in [-0.15, -0.1) is 11.8 Å². The van der Waals surface area contributed by atoms with E-state index in [1.165, 1.54) is 0 Å². The van der Waals surface area contributed by atoms with Crippen LogP contribution in [0.25, 0.3) is 0 Å². The molecule has 0 aliphatic rings. The Morgan fingerprint density at radius 2 is 2.00 bits per heavy atom. The van der Waals surface area contributed by atoms with Crippen molar-refractivity contribution in [2.45, 2.75) is 11.3 Å². The number of benzene rings is 2. The molecule has 2 rings (SSSR count). The summed E-state index contributed by atoms with van der Waals surface area (Å²) >= 11 is 7.62. The molecule has 0 unspecified atom stereocenters. The molecular weight excluding hydrogens is 292 g/mol. The minimum absolute atomic E-state index is 0.0323. The molecule has 3 nitrogen and oxygen atoms in total. The summed E-state index contributed by atoms with van der Waals surface area (Å²) in [7, 11) is 0. The second-order valence-electron chi connectivity index (χ2n) is 4.20. The number of carbonyl (C=O) groups excluding carboxylic acids is 1. The molecule has 0 atom stereocenters. The van der Waals surface area contributed by atoms with Gasteiger partial charge in [0.1, 0.15) is 0 Å². The van der Waals surface area contributed by atoms with Crippen LogP contribution >= 0.6 is 23.4 Å². The fourth-order valence-corrected chi connectivity index (χ4v) is 2.84. The number of nitrogens with one attached hydrogen (secondary N) is 1. The van der Waals surface area contributed by atoms with Gasteiger partial charge >= 0.3 is 0 Å². The molecule has 20 heavy (non-hydrogen) atoms. The molecule has 0 saturated carbocycles. The summed E-state index contributed by atoms with van der Waals surface area (Å²) in [5, 5.41) is 3.53. The first kappa shape index (κ1) is 14.8. The molecule has 0 aromatic heterocycles. The van der Waals surface area contributed by atoms with Crippen LogP contribution in [0.4, 0.5) is 11.4 Å². The summed E-state index contributed by atoms with van der Waals surface area (Å²) in [6.45, 7) is 0. The molecule has 2 aromatic carbocycles. The van der Waals surface area contributed by atoms with Gasteiger partial charge < -0.3 is 11.1 Å². The fourth-order valence-electron chi connectivity index (χ4n) is 1.66. The summed E-state index contributed by atoms with van der Waals surface area (Å²) in [5.74, 6) is 0.646. The Morgan fingerprint density at radius 1 is 1.20 bits per heavy atom. The van der Waals surface area contributed by atoms with Gasteiger partial charge in [-0.2, -0.15) is 0 Å². The highest BCUT2D eigenvalue weighted by molar-refractivity contribution is 7.99. The van der Waals surface area contributed by atoms with E-state index in [1.54, 1.807) is 23.9 Å². The minimum Gasteiger partial charge on any atom is -0.399 e. The van der Waals surface area contributed by atoms with Crippen molar-refractivity contribution in [3.63, 3.8) is 0 Å². The van der Waals surface area contributed by atoms with Gasteiger partial charge in [-0.25, -0.2) is 0 Å². The number of anilines is 2. The Hall–Kier alpha value is -1.65. The number of halogens is 1. The number of hydrogen-bond donors (Lipinski definition) is 2. The zero-order valence-corrected chi connectivity index (χ0v) is 12.4. The first-order valence-electron chi connectivity index (χ1n) is 6.18. The number of hydrogen-bond acceptors (Lipinski definition) is 3. The van der Waals surface area contributed by atoms with Crippen LogP contribution in [0.1, 0.15) is 6.42 Å². The summed E-state index contributed by atoms with van der Waals surface area (Å²) in [6, 6.07) is 14.8. The van der Waals surface area contributed by atoms with Gasteiger partial charge in [0.25, 0.3) is 0 Å². The Bertz CT molecular complexity index is 604. The number of nitrogen functional groups attached to an aromatic ring is 1. The highest BCUT2D eigenvalue weighted by Gasteiger charge is 2.05. The van der Waals surface area contributed by atoms with E-state index in [-0.39, 0.29) is 5.91 Å². The molecule has 0 fully saturated rings. The molecule has 2 aromatic rings. The van der Waals surface area contributed by atoms with Crippen molar-refractivity contribution in [1.29, 1.82) is 0 Å². The molecule has 0 radical (unpaired) electrons. The van der Waals surface area contributed by atoms with E-state index in [2.05, 4.69) is 5.32 Å². The molecular formula is C15H15ClN2OS. The largest absolute Gasteiger partial charge is 0.399 e. The second kappa shape index (κ2) is 7.22. The van der Waals surface area contributed by atoms with Gasteiger partial charge in [-0.1, -0.05) is 29.8 Å². The minimum atomic E-state index is -0.0323. The first-order chi connectivity index (χ1) is 9.65. The van der Waals surface area contributed by atoms with Crippen LogP contribution in [0.3, 0.4) is 0 Å². The molecule has 0 aliphatic carbocycles. The van der Waals surface area contributed by atoms with E-state index in [0.717, 1.165) is 10.6 Å². The molecule has 0 bridgehead atoms. The number of amides is 1. The maximum Gasteiger partial charge on any atom is 0.225 e. The summed E-state index contributed by atoms with van der Waals surface area (Å²) in [4.78, 5) is 12.8. The zero-order chi connectivity index (χ0) is 14.4. The SMILES string of the molecule is Nc1cccc(NC(=O)CCSc2ccccc2Cl)c1. The second-order valence-corrected chi connectivity index (χ2v) is 5.75. The maximum absolute atomic E-state index is 11.8. The van der Waals surface area contributed by atoms with E-state index in [4.69, 9.17) is 17.3 Å². The quantitative estimate of drug-likeness (QED) is 0.647. The predicted molar refractivity (Wildman–Crippen MR) is 86.3 cm³/mol. The lowest BCUT2D eigenvalue weighted by Crippen LogP contribution is -2.12. The first-order valence-corrected chi connectivity index (χ1v) is 7.54. The van der Waals surface area contributed by atoms with Crippen LogP contribution in [-0.4, -0.2) is 11.7 Å². The summed E-state index contributed by atoms with van der Waals surface area (Å²) in [6.07, 6.45) is 0.421. The van der Waals surface area contributed by atoms with Crippen molar-refractivity contribution in [1.82, 2.24) is 0 Å². The normalized spacial score (nSPS) is 10.2. The summed E-state index contributed by atoms with van der Waals surface area (Å²) in [5.41, 5.74) is 7.01. The lowest BCUT2D eigenvalue weighted by Gasteiger charge is -2.06. The number of thioether (sulfide) groups is 1. The predicted octanol–water partition coefficient (Wildman–Crippen LogP) is 4.04. The van der Waals surface area contributed by atoms with Crippen LogP contribution in [0.5, 0.6) is 0 Å². The van der Waals surface area contributed by atoms with E-state index in [9.17, 15) is 4.79 Å². The van der Waals surface area contributed by atoms with E-state index >= 15 is 0 Å². The van der Waals surface area contributed by atoms with E-state index < -0.39 is 0 Å². The van der Waals surface area contributed by atoms with Crippen LogP contribution in [0.2, 0.25) is 5.02 Å². The van der Waals surface area contributed by atoms with Gasteiger partial charge in [0, 0.05) is 28.4 Å². The van der Waals surface area contributed by atoms with Crippen LogP contribution < -0.4 is 11.1 Å². The lowest BCUT2D eigenvalue weighted by molar-refractivity contribution is -0.115. The standard InChI is InChI=1S/C15H15ClN2OS/c16-13-6-1-2-7-14(13)20-9-8-15(19)18-12-5-3-4-11(17)10-12/h1-7,10H,8-9,17H2,(H,18,19). The van der Waals surface area contributed by atoms with Gasteiger partial charge in [0.15, 0.2) is 0 Å². The molecule has 0 heterocycles. The van der Waals surface area contributed by atoms with Crippen molar-refractivity contribution in [2.75, 3.05) is 16.8 Å². The fraction of sp³-hybridized carbons (Fsp3) is 0.133. The topological polar surface area (TPSA) is 55.1 Å². The van der Waals surface area contributed by atoms with E-state index in [1.807, 2.05) is 36.4 Å². The number of rotatable bonds is 5. The van der Waals surface area contributed by atoms with Crippen molar-refractivity contribution in [3.8, 4) is 0 Å². The molecule has 5 heteroatoms. The molecule has 0 saturated heterocycles. The van der Waals surface area contributed by atoms with Gasteiger partial charge in [0.05, 0.1) is 5.02 Å². The molecule has 104 valence electrons. The monoisotopic (exact) mass is 306 g/mol.